The summed E-state index contributed by atoms with van der Waals surface area (Å²) in [5, 5.41) is 13.1. The minimum atomic E-state index is -0.127. The lowest BCUT2D eigenvalue weighted by atomic mass is 9.95. The van der Waals surface area contributed by atoms with Gasteiger partial charge in [0.25, 0.3) is 0 Å². The normalized spacial score (nSPS) is 21.3. The molecule has 0 saturated carbocycles. The lowest BCUT2D eigenvalue weighted by molar-refractivity contribution is 0.118. The van der Waals surface area contributed by atoms with E-state index in [1.165, 1.54) is 39.1 Å². The van der Waals surface area contributed by atoms with Gasteiger partial charge in [-0.05, 0) is 39.3 Å². The molecule has 1 atom stereocenters. The van der Waals surface area contributed by atoms with Crippen LogP contribution in [0.1, 0.15) is 47.0 Å². The van der Waals surface area contributed by atoms with Gasteiger partial charge in [0.1, 0.15) is 0 Å². The molecule has 1 unspecified atom stereocenters. The standard InChI is InChI=1S/C16H35N3O/c1-5-8-18-10-12-19(13-11-18)9-6-7-16(4,14-20)17-15(2)3/h15,17,20H,5-14H2,1-4H3. The van der Waals surface area contributed by atoms with Crippen LogP contribution in [0.4, 0.5) is 0 Å². The highest BCUT2D eigenvalue weighted by molar-refractivity contribution is 4.84. The van der Waals surface area contributed by atoms with E-state index in [9.17, 15) is 5.11 Å². The van der Waals surface area contributed by atoms with Gasteiger partial charge in [0.15, 0.2) is 0 Å². The first-order valence-electron chi connectivity index (χ1n) is 8.32. The number of nitrogens with zero attached hydrogens (tertiary/aromatic N) is 2. The Kier molecular flexibility index (Phi) is 8.03. The minimum Gasteiger partial charge on any atom is -0.394 e. The van der Waals surface area contributed by atoms with Crippen molar-refractivity contribution in [3.8, 4) is 0 Å². The molecule has 1 aliphatic heterocycles. The predicted molar refractivity (Wildman–Crippen MR) is 86.2 cm³/mol. The fourth-order valence-corrected chi connectivity index (χ4v) is 3.14. The average Bonchev–Trinajstić information content (AvgIpc) is 2.40. The third-order valence-corrected chi connectivity index (χ3v) is 4.19. The lowest BCUT2D eigenvalue weighted by Gasteiger charge is -2.36. The number of hydrogen-bond acceptors (Lipinski definition) is 4. The molecular formula is C16H35N3O. The summed E-state index contributed by atoms with van der Waals surface area (Å²) in [4.78, 5) is 5.13. The second kappa shape index (κ2) is 8.98. The SMILES string of the molecule is CCCN1CCN(CCCC(C)(CO)NC(C)C)CC1. The Balaban J connectivity index is 2.20. The molecule has 0 aromatic carbocycles. The maximum atomic E-state index is 9.58. The van der Waals surface area contributed by atoms with Crippen molar-refractivity contribution in [2.24, 2.45) is 0 Å². The van der Waals surface area contributed by atoms with E-state index >= 15 is 0 Å². The molecule has 20 heavy (non-hydrogen) atoms. The summed E-state index contributed by atoms with van der Waals surface area (Å²) in [6.07, 6.45) is 3.46. The first-order chi connectivity index (χ1) is 9.49. The van der Waals surface area contributed by atoms with Crippen molar-refractivity contribution in [2.45, 2.75) is 58.5 Å². The Morgan fingerprint density at radius 3 is 2.10 bits per heavy atom. The molecule has 4 nitrogen and oxygen atoms in total. The van der Waals surface area contributed by atoms with E-state index in [0.717, 1.165) is 19.4 Å². The van der Waals surface area contributed by atoms with Crippen molar-refractivity contribution in [1.29, 1.82) is 0 Å². The molecule has 0 spiro atoms. The van der Waals surface area contributed by atoms with Crippen molar-refractivity contribution in [3.05, 3.63) is 0 Å². The van der Waals surface area contributed by atoms with Gasteiger partial charge in [-0.3, -0.25) is 0 Å². The van der Waals surface area contributed by atoms with Crippen molar-refractivity contribution in [3.63, 3.8) is 0 Å². The van der Waals surface area contributed by atoms with Crippen LogP contribution in [0.15, 0.2) is 0 Å². The molecule has 1 heterocycles. The molecule has 2 N–H and O–H groups in total. The van der Waals surface area contributed by atoms with E-state index in [1.54, 1.807) is 0 Å². The fraction of sp³-hybridized carbons (Fsp3) is 1.00. The third kappa shape index (κ3) is 6.53. The molecule has 1 aliphatic rings. The molecule has 0 aliphatic carbocycles. The predicted octanol–water partition coefficient (Wildman–Crippen LogP) is 1.54. The monoisotopic (exact) mass is 285 g/mol. The van der Waals surface area contributed by atoms with Crippen LogP contribution >= 0.6 is 0 Å². The summed E-state index contributed by atoms with van der Waals surface area (Å²) in [7, 11) is 0. The molecule has 0 amide bonds. The van der Waals surface area contributed by atoms with E-state index in [0.29, 0.717) is 6.04 Å². The van der Waals surface area contributed by atoms with Crippen LogP contribution in [0.25, 0.3) is 0 Å². The van der Waals surface area contributed by atoms with E-state index in [-0.39, 0.29) is 12.1 Å². The Hall–Kier alpha value is -0.160. The van der Waals surface area contributed by atoms with Gasteiger partial charge in [-0.2, -0.15) is 0 Å². The van der Waals surface area contributed by atoms with Gasteiger partial charge in [0.05, 0.1) is 6.61 Å². The van der Waals surface area contributed by atoms with E-state index in [1.807, 2.05) is 0 Å². The van der Waals surface area contributed by atoms with Crippen molar-refractivity contribution < 1.29 is 5.11 Å². The summed E-state index contributed by atoms with van der Waals surface area (Å²) in [5.74, 6) is 0. The number of hydrogen-bond donors (Lipinski definition) is 2. The molecule has 4 heteroatoms. The highest BCUT2D eigenvalue weighted by atomic mass is 16.3. The second-order valence-corrected chi connectivity index (χ2v) is 6.80. The maximum Gasteiger partial charge on any atom is 0.0610 e. The highest BCUT2D eigenvalue weighted by Crippen LogP contribution is 2.14. The van der Waals surface area contributed by atoms with Gasteiger partial charge in [-0.15, -0.1) is 0 Å². The molecule has 0 aromatic rings. The molecule has 1 rings (SSSR count). The number of piperazine rings is 1. The smallest absolute Gasteiger partial charge is 0.0610 e. The van der Waals surface area contributed by atoms with Crippen LogP contribution in [-0.2, 0) is 0 Å². The summed E-state index contributed by atoms with van der Waals surface area (Å²) < 4.78 is 0. The Bertz CT molecular complexity index is 252. The lowest BCUT2D eigenvalue weighted by Crippen LogP contribution is -2.50. The summed E-state index contributed by atoms with van der Waals surface area (Å²) in [6.45, 7) is 16.1. The number of rotatable bonds is 9. The van der Waals surface area contributed by atoms with Crippen LogP contribution in [-0.4, -0.2) is 72.4 Å². The van der Waals surface area contributed by atoms with Gasteiger partial charge in [-0.25, -0.2) is 0 Å². The zero-order valence-corrected chi connectivity index (χ0v) is 14.0. The van der Waals surface area contributed by atoms with E-state index in [4.69, 9.17) is 0 Å². The molecule has 0 radical (unpaired) electrons. The van der Waals surface area contributed by atoms with Crippen molar-refractivity contribution in [2.75, 3.05) is 45.9 Å². The highest BCUT2D eigenvalue weighted by Gasteiger charge is 2.24. The van der Waals surface area contributed by atoms with Crippen LogP contribution in [0.5, 0.6) is 0 Å². The first kappa shape index (κ1) is 17.9. The van der Waals surface area contributed by atoms with Crippen molar-refractivity contribution in [1.82, 2.24) is 15.1 Å². The van der Waals surface area contributed by atoms with E-state index in [2.05, 4.69) is 42.8 Å². The quantitative estimate of drug-likeness (QED) is 0.674. The third-order valence-electron chi connectivity index (χ3n) is 4.19. The Labute approximate surface area is 125 Å². The average molecular weight is 285 g/mol. The molecule has 1 saturated heterocycles. The Morgan fingerprint density at radius 2 is 1.65 bits per heavy atom. The Morgan fingerprint density at radius 1 is 1.10 bits per heavy atom. The summed E-state index contributed by atoms with van der Waals surface area (Å²) >= 11 is 0. The summed E-state index contributed by atoms with van der Waals surface area (Å²) in [5.41, 5.74) is -0.127. The van der Waals surface area contributed by atoms with E-state index < -0.39 is 0 Å². The topological polar surface area (TPSA) is 38.7 Å². The minimum absolute atomic E-state index is 0.127. The second-order valence-electron chi connectivity index (χ2n) is 6.80. The van der Waals surface area contributed by atoms with Crippen molar-refractivity contribution >= 4 is 0 Å². The van der Waals surface area contributed by atoms with Crippen LogP contribution in [0.3, 0.4) is 0 Å². The first-order valence-corrected chi connectivity index (χ1v) is 8.32. The van der Waals surface area contributed by atoms with Gasteiger partial charge >= 0.3 is 0 Å². The van der Waals surface area contributed by atoms with Gasteiger partial charge in [0, 0.05) is 37.8 Å². The van der Waals surface area contributed by atoms with Crippen LogP contribution in [0.2, 0.25) is 0 Å². The molecular weight excluding hydrogens is 250 g/mol. The number of aliphatic hydroxyl groups excluding tert-OH is 1. The molecule has 0 aromatic heterocycles. The maximum absolute atomic E-state index is 9.58. The molecule has 0 bridgehead atoms. The fourth-order valence-electron chi connectivity index (χ4n) is 3.14. The van der Waals surface area contributed by atoms with Crippen LogP contribution in [0, 0.1) is 0 Å². The molecule has 120 valence electrons. The van der Waals surface area contributed by atoms with Gasteiger partial charge in [0.2, 0.25) is 0 Å². The van der Waals surface area contributed by atoms with Gasteiger partial charge in [-0.1, -0.05) is 20.8 Å². The van der Waals surface area contributed by atoms with Gasteiger partial charge < -0.3 is 20.2 Å². The molecule has 1 fully saturated rings. The zero-order chi connectivity index (χ0) is 15.0. The summed E-state index contributed by atoms with van der Waals surface area (Å²) in [6, 6.07) is 0.421. The number of aliphatic hydroxyl groups is 1. The largest absolute Gasteiger partial charge is 0.394 e. The van der Waals surface area contributed by atoms with Crippen LogP contribution < -0.4 is 5.32 Å². The zero-order valence-electron chi connectivity index (χ0n) is 14.0. The number of nitrogens with one attached hydrogen (secondary N) is 1.